The summed E-state index contributed by atoms with van der Waals surface area (Å²) >= 11 is 6.44. The van der Waals surface area contributed by atoms with Gasteiger partial charge in [0.25, 0.3) is 5.91 Å². The molecule has 0 bridgehead atoms. The van der Waals surface area contributed by atoms with Crippen molar-refractivity contribution in [3.05, 3.63) is 80.9 Å². The molecule has 1 aromatic heterocycles. The van der Waals surface area contributed by atoms with Gasteiger partial charge in [0.15, 0.2) is 0 Å². The van der Waals surface area contributed by atoms with E-state index in [1.54, 1.807) is 6.92 Å². The molecule has 2 aromatic carbocycles. The van der Waals surface area contributed by atoms with Crippen LogP contribution in [0.3, 0.4) is 0 Å². The van der Waals surface area contributed by atoms with Crippen LogP contribution >= 0.6 is 11.6 Å². The van der Waals surface area contributed by atoms with Gasteiger partial charge in [0.1, 0.15) is 11.0 Å². The highest BCUT2D eigenvalue weighted by Crippen LogP contribution is 2.25. The SMILES string of the molecule is COC(=O)c1cc(F)c(C)c(NC(=O)c2c(C)nn(Cc3ccc(C)cc3)c2Cl)c1. The van der Waals surface area contributed by atoms with Crippen LogP contribution in [0.4, 0.5) is 10.1 Å². The second-order valence-electron chi connectivity index (χ2n) is 6.97. The number of nitrogens with one attached hydrogen (secondary N) is 1. The first kappa shape index (κ1) is 21.5. The fourth-order valence-electron chi connectivity index (χ4n) is 3.01. The van der Waals surface area contributed by atoms with Crippen LogP contribution in [-0.2, 0) is 11.3 Å². The van der Waals surface area contributed by atoms with Crippen LogP contribution in [0.25, 0.3) is 0 Å². The summed E-state index contributed by atoms with van der Waals surface area (Å²) in [6.45, 7) is 5.57. The number of amides is 1. The predicted octanol–water partition coefficient (Wildman–Crippen LogP) is 4.69. The maximum Gasteiger partial charge on any atom is 0.338 e. The average Bonchev–Trinajstić information content (AvgIpc) is 2.99. The molecule has 0 unspecified atom stereocenters. The van der Waals surface area contributed by atoms with Crippen molar-refractivity contribution in [1.82, 2.24) is 9.78 Å². The molecule has 156 valence electrons. The zero-order valence-electron chi connectivity index (χ0n) is 17.0. The molecule has 1 N–H and O–H groups in total. The van der Waals surface area contributed by atoms with E-state index < -0.39 is 17.7 Å². The van der Waals surface area contributed by atoms with E-state index in [1.165, 1.54) is 24.8 Å². The van der Waals surface area contributed by atoms with E-state index in [9.17, 15) is 14.0 Å². The summed E-state index contributed by atoms with van der Waals surface area (Å²) in [5, 5.41) is 7.17. The maximum absolute atomic E-state index is 14.2. The highest BCUT2D eigenvalue weighted by molar-refractivity contribution is 6.33. The van der Waals surface area contributed by atoms with Gasteiger partial charge in [-0.05, 0) is 38.5 Å². The first-order chi connectivity index (χ1) is 14.2. The standard InChI is InChI=1S/C22H21ClFN3O3/c1-12-5-7-15(8-6-12)11-27-20(23)19(14(3)26-27)21(28)25-18-10-16(22(29)30-4)9-17(24)13(18)2/h5-10H,11H2,1-4H3,(H,25,28). The molecule has 6 nitrogen and oxygen atoms in total. The predicted molar refractivity (Wildman–Crippen MR) is 113 cm³/mol. The highest BCUT2D eigenvalue weighted by Gasteiger charge is 2.22. The van der Waals surface area contributed by atoms with E-state index in [1.807, 2.05) is 31.2 Å². The van der Waals surface area contributed by atoms with Crippen LogP contribution in [-0.4, -0.2) is 28.8 Å². The van der Waals surface area contributed by atoms with Crippen molar-refractivity contribution in [2.24, 2.45) is 0 Å². The van der Waals surface area contributed by atoms with Gasteiger partial charge in [0, 0.05) is 11.3 Å². The Hall–Kier alpha value is -3.19. The number of hydrogen-bond acceptors (Lipinski definition) is 4. The molecular formula is C22H21ClFN3O3. The third kappa shape index (κ3) is 4.36. The molecule has 1 amide bonds. The summed E-state index contributed by atoms with van der Waals surface area (Å²) in [7, 11) is 1.20. The number of halogens is 2. The van der Waals surface area contributed by atoms with Gasteiger partial charge in [0.2, 0.25) is 0 Å². The van der Waals surface area contributed by atoms with Gasteiger partial charge in [-0.25, -0.2) is 13.9 Å². The van der Waals surface area contributed by atoms with Crippen molar-refractivity contribution in [3.63, 3.8) is 0 Å². The largest absolute Gasteiger partial charge is 0.465 e. The number of benzene rings is 2. The highest BCUT2D eigenvalue weighted by atomic mass is 35.5. The van der Waals surface area contributed by atoms with Crippen LogP contribution in [0, 0.1) is 26.6 Å². The average molecular weight is 430 g/mol. The van der Waals surface area contributed by atoms with E-state index in [0.717, 1.165) is 17.2 Å². The van der Waals surface area contributed by atoms with Crippen LogP contribution in [0.1, 0.15) is 43.1 Å². The summed E-state index contributed by atoms with van der Waals surface area (Å²) in [4.78, 5) is 24.6. The summed E-state index contributed by atoms with van der Waals surface area (Å²) in [5.41, 5.74) is 3.09. The second-order valence-corrected chi connectivity index (χ2v) is 7.33. The summed E-state index contributed by atoms with van der Waals surface area (Å²) < 4.78 is 20.4. The molecule has 0 saturated carbocycles. The molecule has 0 radical (unpaired) electrons. The molecule has 30 heavy (non-hydrogen) atoms. The summed E-state index contributed by atoms with van der Waals surface area (Å²) in [5.74, 6) is -1.88. The van der Waals surface area contributed by atoms with Crippen molar-refractivity contribution in [1.29, 1.82) is 0 Å². The van der Waals surface area contributed by atoms with E-state index in [2.05, 4.69) is 15.2 Å². The number of esters is 1. The molecule has 0 atom stereocenters. The lowest BCUT2D eigenvalue weighted by Crippen LogP contribution is -2.15. The van der Waals surface area contributed by atoms with Crippen molar-refractivity contribution in [3.8, 4) is 0 Å². The van der Waals surface area contributed by atoms with Crippen molar-refractivity contribution < 1.29 is 18.7 Å². The molecule has 0 aliphatic carbocycles. The Labute approximate surface area is 178 Å². The van der Waals surface area contributed by atoms with Gasteiger partial charge in [-0.1, -0.05) is 41.4 Å². The van der Waals surface area contributed by atoms with E-state index >= 15 is 0 Å². The molecule has 0 saturated heterocycles. The van der Waals surface area contributed by atoms with Crippen LogP contribution in [0.15, 0.2) is 36.4 Å². The minimum absolute atomic E-state index is 0.00575. The van der Waals surface area contributed by atoms with Gasteiger partial charge in [-0.2, -0.15) is 5.10 Å². The monoisotopic (exact) mass is 429 g/mol. The molecule has 1 heterocycles. The Balaban J connectivity index is 1.89. The summed E-state index contributed by atoms with van der Waals surface area (Å²) in [6, 6.07) is 10.3. The van der Waals surface area contributed by atoms with Crippen molar-refractivity contribution in [2.75, 3.05) is 12.4 Å². The van der Waals surface area contributed by atoms with Gasteiger partial charge < -0.3 is 10.1 Å². The number of methoxy groups -OCH3 is 1. The lowest BCUT2D eigenvalue weighted by atomic mass is 10.1. The third-order valence-electron chi connectivity index (χ3n) is 4.76. The molecule has 0 spiro atoms. The number of carbonyl (C=O) groups is 2. The van der Waals surface area contributed by atoms with Crippen LogP contribution < -0.4 is 5.32 Å². The number of rotatable bonds is 5. The maximum atomic E-state index is 14.2. The Morgan fingerprint density at radius 2 is 1.83 bits per heavy atom. The number of hydrogen-bond donors (Lipinski definition) is 1. The fraction of sp³-hybridized carbons (Fsp3) is 0.227. The first-order valence-electron chi connectivity index (χ1n) is 9.19. The number of ether oxygens (including phenoxy) is 1. The van der Waals surface area contributed by atoms with Gasteiger partial charge in [-0.15, -0.1) is 0 Å². The Bertz CT molecular complexity index is 1120. The smallest absolute Gasteiger partial charge is 0.338 e. The molecule has 3 aromatic rings. The molecule has 3 rings (SSSR count). The fourth-order valence-corrected chi connectivity index (χ4v) is 3.33. The molecule has 0 aliphatic heterocycles. The summed E-state index contributed by atoms with van der Waals surface area (Å²) in [6.07, 6.45) is 0. The second kappa shape index (κ2) is 8.67. The van der Waals surface area contributed by atoms with Crippen molar-refractivity contribution in [2.45, 2.75) is 27.3 Å². The van der Waals surface area contributed by atoms with Crippen LogP contribution in [0.2, 0.25) is 5.15 Å². The minimum atomic E-state index is -0.704. The number of carbonyl (C=O) groups excluding carboxylic acids is 2. The van der Waals surface area contributed by atoms with Crippen molar-refractivity contribution >= 4 is 29.2 Å². The van der Waals surface area contributed by atoms with Crippen LogP contribution in [0.5, 0.6) is 0 Å². The third-order valence-corrected chi connectivity index (χ3v) is 5.14. The molecule has 0 aliphatic rings. The number of nitrogens with zero attached hydrogens (tertiary/aromatic N) is 2. The normalized spacial score (nSPS) is 10.7. The zero-order chi connectivity index (χ0) is 22.0. The molecule has 0 fully saturated rings. The van der Waals surface area contributed by atoms with Gasteiger partial charge >= 0.3 is 5.97 Å². The first-order valence-corrected chi connectivity index (χ1v) is 9.57. The Morgan fingerprint density at radius 3 is 2.47 bits per heavy atom. The zero-order valence-corrected chi connectivity index (χ0v) is 17.8. The van der Waals surface area contributed by atoms with Gasteiger partial charge in [-0.3, -0.25) is 4.79 Å². The number of aryl methyl sites for hydroxylation is 2. The Kier molecular flexibility index (Phi) is 6.22. The topological polar surface area (TPSA) is 73.2 Å². The van der Waals surface area contributed by atoms with E-state index in [4.69, 9.17) is 11.6 Å². The Morgan fingerprint density at radius 1 is 1.17 bits per heavy atom. The lowest BCUT2D eigenvalue weighted by molar-refractivity contribution is 0.0600. The number of anilines is 1. The van der Waals surface area contributed by atoms with E-state index in [0.29, 0.717) is 12.2 Å². The number of aromatic nitrogens is 2. The minimum Gasteiger partial charge on any atom is -0.465 e. The van der Waals surface area contributed by atoms with Gasteiger partial charge in [0.05, 0.1) is 30.5 Å². The lowest BCUT2D eigenvalue weighted by Gasteiger charge is -2.11. The molecule has 8 heteroatoms. The quantitative estimate of drug-likeness (QED) is 0.597. The molecular weight excluding hydrogens is 409 g/mol. The van der Waals surface area contributed by atoms with E-state index in [-0.39, 0.29) is 27.5 Å².